The van der Waals surface area contributed by atoms with E-state index < -0.39 is 15.9 Å². The second kappa shape index (κ2) is 4.74. The lowest BCUT2D eigenvalue weighted by Gasteiger charge is -2.09. The van der Waals surface area contributed by atoms with Crippen LogP contribution in [0.15, 0.2) is 29.2 Å². The molecule has 0 unspecified atom stereocenters. The molecule has 84 valence electrons. The van der Waals surface area contributed by atoms with Crippen LogP contribution in [0.2, 0.25) is 0 Å². The Hall–Kier alpha value is -0.910. The lowest BCUT2D eigenvalue weighted by molar-refractivity contribution is 0.268. The zero-order valence-electron chi connectivity index (χ0n) is 8.55. The fourth-order valence-corrected chi connectivity index (χ4v) is 2.08. The molecule has 1 rings (SSSR count). The van der Waals surface area contributed by atoms with Crippen molar-refractivity contribution < 1.29 is 13.5 Å². The zero-order chi connectivity index (χ0) is 11.5. The molecule has 0 heterocycles. The van der Waals surface area contributed by atoms with Crippen LogP contribution in [0.4, 0.5) is 0 Å². The number of rotatable bonds is 4. The van der Waals surface area contributed by atoms with Crippen molar-refractivity contribution in [1.29, 1.82) is 0 Å². The van der Waals surface area contributed by atoms with Gasteiger partial charge in [0, 0.05) is 0 Å². The maximum atomic E-state index is 11.5. The van der Waals surface area contributed by atoms with Gasteiger partial charge in [0.2, 0.25) is 0 Å². The third kappa shape index (κ3) is 2.77. The van der Waals surface area contributed by atoms with E-state index in [9.17, 15) is 8.42 Å². The minimum atomic E-state index is -3.15. The molecule has 0 fully saturated rings. The Kier molecular flexibility index (Phi) is 3.84. The molecule has 0 aliphatic heterocycles. The van der Waals surface area contributed by atoms with Gasteiger partial charge >= 0.3 is 0 Å². The van der Waals surface area contributed by atoms with Crippen LogP contribution in [0.25, 0.3) is 0 Å². The molecule has 0 amide bonds. The third-order valence-electron chi connectivity index (χ3n) is 2.24. The lowest BCUT2D eigenvalue weighted by atomic mass is 10.1. The van der Waals surface area contributed by atoms with Gasteiger partial charge in [0.25, 0.3) is 0 Å². The standard InChI is InChI=1S/C10H15NO3S/c1-2-15(13,14)9-5-3-8(4-6-9)10(11)7-12/h3-6,10,12H,2,7,11H2,1H3/t10-/m1/s1. The Labute approximate surface area is 89.7 Å². The lowest BCUT2D eigenvalue weighted by Crippen LogP contribution is -2.14. The highest BCUT2D eigenvalue weighted by Crippen LogP contribution is 2.15. The van der Waals surface area contributed by atoms with E-state index in [-0.39, 0.29) is 12.4 Å². The predicted molar refractivity (Wildman–Crippen MR) is 58.2 cm³/mol. The molecule has 0 bridgehead atoms. The number of aliphatic hydroxyl groups excluding tert-OH is 1. The van der Waals surface area contributed by atoms with Crippen LogP contribution >= 0.6 is 0 Å². The van der Waals surface area contributed by atoms with E-state index in [1.807, 2.05) is 0 Å². The van der Waals surface area contributed by atoms with E-state index in [1.165, 1.54) is 12.1 Å². The Morgan fingerprint density at radius 2 is 1.87 bits per heavy atom. The largest absolute Gasteiger partial charge is 0.394 e. The first-order valence-electron chi connectivity index (χ1n) is 4.70. The normalized spacial score (nSPS) is 13.8. The molecule has 3 N–H and O–H groups in total. The van der Waals surface area contributed by atoms with Crippen LogP contribution < -0.4 is 5.73 Å². The van der Waals surface area contributed by atoms with Gasteiger partial charge in [-0.2, -0.15) is 0 Å². The van der Waals surface area contributed by atoms with E-state index in [0.717, 1.165) is 5.56 Å². The van der Waals surface area contributed by atoms with E-state index in [0.29, 0.717) is 4.90 Å². The van der Waals surface area contributed by atoms with Crippen molar-refractivity contribution in [2.24, 2.45) is 5.73 Å². The molecule has 0 aliphatic rings. The summed E-state index contributed by atoms with van der Waals surface area (Å²) in [6.07, 6.45) is 0. The topological polar surface area (TPSA) is 80.4 Å². The molecular formula is C10H15NO3S. The van der Waals surface area contributed by atoms with Gasteiger partial charge in [0.15, 0.2) is 9.84 Å². The SMILES string of the molecule is CCS(=O)(=O)c1ccc([C@H](N)CO)cc1. The molecule has 4 nitrogen and oxygen atoms in total. The Bertz CT molecular complexity index is 411. The summed E-state index contributed by atoms with van der Waals surface area (Å²) in [6, 6.07) is 5.84. The number of aliphatic hydroxyl groups is 1. The summed E-state index contributed by atoms with van der Waals surface area (Å²) < 4.78 is 22.9. The van der Waals surface area contributed by atoms with E-state index in [1.54, 1.807) is 19.1 Å². The number of hydrogen-bond donors (Lipinski definition) is 2. The molecule has 0 radical (unpaired) electrons. The highest BCUT2D eigenvalue weighted by atomic mass is 32.2. The summed E-state index contributed by atoms with van der Waals surface area (Å²) in [5, 5.41) is 8.82. The summed E-state index contributed by atoms with van der Waals surface area (Å²) in [6.45, 7) is 1.45. The maximum Gasteiger partial charge on any atom is 0.178 e. The average Bonchev–Trinajstić information content (AvgIpc) is 2.28. The summed E-state index contributed by atoms with van der Waals surface area (Å²) >= 11 is 0. The zero-order valence-corrected chi connectivity index (χ0v) is 9.37. The smallest absolute Gasteiger partial charge is 0.178 e. The first kappa shape index (κ1) is 12.2. The van der Waals surface area contributed by atoms with Crippen LogP contribution in [0.3, 0.4) is 0 Å². The summed E-state index contributed by atoms with van der Waals surface area (Å²) in [7, 11) is -3.15. The maximum absolute atomic E-state index is 11.5. The van der Waals surface area contributed by atoms with Gasteiger partial charge in [-0.05, 0) is 17.7 Å². The van der Waals surface area contributed by atoms with Gasteiger partial charge in [-0.15, -0.1) is 0 Å². The minimum Gasteiger partial charge on any atom is -0.394 e. The van der Waals surface area contributed by atoms with Crippen LogP contribution in [0.5, 0.6) is 0 Å². The Morgan fingerprint density at radius 1 is 1.33 bits per heavy atom. The fraction of sp³-hybridized carbons (Fsp3) is 0.400. The monoisotopic (exact) mass is 229 g/mol. The van der Waals surface area contributed by atoms with Crippen molar-refractivity contribution in [3.63, 3.8) is 0 Å². The molecule has 1 aromatic rings. The molecule has 0 saturated heterocycles. The first-order valence-corrected chi connectivity index (χ1v) is 6.35. The van der Waals surface area contributed by atoms with Crippen LogP contribution in [0.1, 0.15) is 18.5 Å². The second-order valence-corrected chi connectivity index (χ2v) is 5.54. The molecule has 5 heteroatoms. The van der Waals surface area contributed by atoms with Crippen molar-refractivity contribution in [3.05, 3.63) is 29.8 Å². The molecule has 15 heavy (non-hydrogen) atoms. The summed E-state index contributed by atoms with van der Waals surface area (Å²) in [4.78, 5) is 0.291. The van der Waals surface area contributed by atoms with Crippen molar-refractivity contribution in [2.45, 2.75) is 17.9 Å². The van der Waals surface area contributed by atoms with Gasteiger partial charge in [-0.3, -0.25) is 0 Å². The van der Waals surface area contributed by atoms with E-state index in [2.05, 4.69) is 0 Å². The Balaban J connectivity index is 3.00. The van der Waals surface area contributed by atoms with Gasteiger partial charge in [-0.1, -0.05) is 19.1 Å². The van der Waals surface area contributed by atoms with Crippen molar-refractivity contribution in [1.82, 2.24) is 0 Å². The van der Waals surface area contributed by atoms with Crippen LogP contribution in [-0.2, 0) is 9.84 Å². The van der Waals surface area contributed by atoms with Gasteiger partial charge in [0.1, 0.15) is 0 Å². The van der Waals surface area contributed by atoms with Crippen molar-refractivity contribution in [2.75, 3.05) is 12.4 Å². The highest BCUT2D eigenvalue weighted by molar-refractivity contribution is 7.91. The molecule has 1 aromatic carbocycles. The van der Waals surface area contributed by atoms with Gasteiger partial charge in [0.05, 0.1) is 23.3 Å². The molecule has 0 spiro atoms. The minimum absolute atomic E-state index is 0.0817. The molecule has 0 saturated carbocycles. The number of hydrogen-bond acceptors (Lipinski definition) is 4. The van der Waals surface area contributed by atoms with Crippen LogP contribution in [-0.4, -0.2) is 25.9 Å². The molecule has 1 atom stereocenters. The molecule has 0 aliphatic carbocycles. The summed E-state index contributed by atoms with van der Waals surface area (Å²) in [5.74, 6) is 0.0817. The number of sulfone groups is 1. The van der Waals surface area contributed by atoms with Gasteiger partial charge < -0.3 is 10.8 Å². The van der Waals surface area contributed by atoms with E-state index >= 15 is 0 Å². The predicted octanol–water partition coefficient (Wildman–Crippen LogP) is 0.472. The summed E-state index contributed by atoms with van der Waals surface area (Å²) in [5.41, 5.74) is 6.32. The van der Waals surface area contributed by atoms with Crippen molar-refractivity contribution in [3.8, 4) is 0 Å². The third-order valence-corrected chi connectivity index (χ3v) is 3.99. The van der Waals surface area contributed by atoms with Gasteiger partial charge in [-0.25, -0.2) is 8.42 Å². The number of nitrogens with two attached hydrogens (primary N) is 1. The highest BCUT2D eigenvalue weighted by Gasteiger charge is 2.12. The first-order chi connectivity index (χ1) is 7.01. The average molecular weight is 229 g/mol. The van der Waals surface area contributed by atoms with Crippen LogP contribution in [0, 0.1) is 0 Å². The molecular weight excluding hydrogens is 214 g/mol. The molecule has 0 aromatic heterocycles. The Morgan fingerprint density at radius 3 is 2.27 bits per heavy atom. The fourth-order valence-electron chi connectivity index (χ4n) is 1.19. The van der Waals surface area contributed by atoms with E-state index in [4.69, 9.17) is 10.8 Å². The second-order valence-electron chi connectivity index (χ2n) is 3.26. The quantitative estimate of drug-likeness (QED) is 0.786. The number of benzene rings is 1. The van der Waals surface area contributed by atoms with Crippen molar-refractivity contribution >= 4 is 9.84 Å².